The molecule has 3 rings (SSSR count). The van der Waals surface area contributed by atoms with Crippen molar-refractivity contribution >= 4 is 16.9 Å². The van der Waals surface area contributed by atoms with Crippen LogP contribution in [0.15, 0.2) is 29.2 Å². The summed E-state index contributed by atoms with van der Waals surface area (Å²) >= 11 is 0. The topological polar surface area (TPSA) is 59.3 Å². The highest BCUT2D eigenvalue weighted by Crippen LogP contribution is 2.30. The number of nitrogens with zero attached hydrogens (tertiary/aromatic N) is 1. The maximum absolute atomic E-state index is 12.0. The highest BCUT2D eigenvalue weighted by atomic mass is 16.4. The summed E-state index contributed by atoms with van der Waals surface area (Å²) in [5.41, 5.74) is 1.46. The molecule has 1 aliphatic heterocycles. The fourth-order valence-electron chi connectivity index (χ4n) is 2.57. The van der Waals surface area contributed by atoms with Gasteiger partial charge in [0.05, 0.1) is 5.52 Å². The van der Waals surface area contributed by atoms with E-state index in [0.29, 0.717) is 5.39 Å². The second-order valence-electron chi connectivity index (χ2n) is 4.45. The molecule has 0 saturated heterocycles. The van der Waals surface area contributed by atoms with E-state index >= 15 is 0 Å². The number of carbonyl (C=O) groups is 1. The van der Waals surface area contributed by atoms with Gasteiger partial charge >= 0.3 is 5.97 Å². The number of aromatic nitrogens is 1. The van der Waals surface area contributed by atoms with Crippen LogP contribution in [0.3, 0.4) is 0 Å². The van der Waals surface area contributed by atoms with Crippen molar-refractivity contribution in [2.24, 2.45) is 0 Å². The molecule has 4 heteroatoms. The smallest absolute Gasteiger partial charge is 0.341 e. The van der Waals surface area contributed by atoms with Crippen LogP contribution < -0.4 is 5.43 Å². The average Bonchev–Trinajstić information content (AvgIpc) is 2.60. The van der Waals surface area contributed by atoms with Gasteiger partial charge in [0.25, 0.3) is 0 Å². The number of aromatic carboxylic acids is 1. The van der Waals surface area contributed by atoms with Crippen LogP contribution in [0.1, 0.15) is 28.9 Å². The Kier molecular flexibility index (Phi) is 1.90. The summed E-state index contributed by atoms with van der Waals surface area (Å²) in [6.07, 6.45) is 2.31. The molecule has 0 fully saturated rings. The summed E-state index contributed by atoms with van der Waals surface area (Å²) in [6.45, 7) is 2.02. The van der Waals surface area contributed by atoms with E-state index in [0.717, 1.165) is 17.5 Å². The van der Waals surface area contributed by atoms with E-state index in [2.05, 4.69) is 0 Å². The summed E-state index contributed by atoms with van der Waals surface area (Å²) in [5, 5.41) is 9.54. The van der Waals surface area contributed by atoms with Gasteiger partial charge in [-0.25, -0.2) is 4.79 Å². The Hall–Kier alpha value is -2.10. The fourth-order valence-corrected chi connectivity index (χ4v) is 2.57. The summed E-state index contributed by atoms with van der Waals surface area (Å²) in [5.74, 6) is -1.16. The monoisotopic (exact) mass is 229 g/mol. The third kappa shape index (κ3) is 1.24. The first-order chi connectivity index (χ1) is 8.09. The molecule has 0 spiro atoms. The molecular weight excluding hydrogens is 218 g/mol. The van der Waals surface area contributed by atoms with Crippen LogP contribution in [0.5, 0.6) is 0 Å². The molecule has 17 heavy (non-hydrogen) atoms. The lowest BCUT2D eigenvalue weighted by molar-refractivity contribution is 0.0695. The number of hydrogen-bond acceptors (Lipinski definition) is 2. The summed E-state index contributed by atoms with van der Waals surface area (Å²) in [7, 11) is 0. The van der Waals surface area contributed by atoms with Gasteiger partial charge in [-0.3, -0.25) is 4.79 Å². The van der Waals surface area contributed by atoms with Gasteiger partial charge in [0.15, 0.2) is 0 Å². The van der Waals surface area contributed by atoms with E-state index < -0.39 is 5.97 Å². The van der Waals surface area contributed by atoms with Gasteiger partial charge in [0.1, 0.15) is 5.56 Å². The SMILES string of the molecule is C[C@@H]1Cc2cccc3c(=O)c(C(=O)O)cn1c23. The minimum atomic E-state index is -1.16. The maximum atomic E-state index is 12.0. The molecule has 1 atom stereocenters. The minimum Gasteiger partial charge on any atom is -0.477 e. The predicted molar refractivity (Wildman–Crippen MR) is 63.6 cm³/mol. The summed E-state index contributed by atoms with van der Waals surface area (Å²) in [6, 6.07) is 5.70. The number of benzene rings is 1. The van der Waals surface area contributed by atoms with Crippen molar-refractivity contribution in [3.8, 4) is 0 Å². The lowest BCUT2D eigenvalue weighted by atomic mass is 10.1. The number of carboxylic acids is 1. The van der Waals surface area contributed by atoms with Crippen LogP contribution >= 0.6 is 0 Å². The second-order valence-corrected chi connectivity index (χ2v) is 4.45. The van der Waals surface area contributed by atoms with E-state index in [1.54, 1.807) is 6.07 Å². The van der Waals surface area contributed by atoms with Crippen molar-refractivity contribution < 1.29 is 9.90 Å². The van der Waals surface area contributed by atoms with Crippen molar-refractivity contribution in [3.63, 3.8) is 0 Å². The van der Waals surface area contributed by atoms with Gasteiger partial charge in [0, 0.05) is 17.6 Å². The van der Waals surface area contributed by atoms with Crippen molar-refractivity contribution in [3.05, 3.63) is 45.7 Å². The minimum absolute atomic E-state index is 0.150. The quantitative estimate of drug-likeness (QED) is 0.811. The molecule has 2 heterocycles. The number of hydrogen-bond donors (Lipinski definition) is 1. The Morgan fingerprint density at radius 1 is 1.47 bits per heavy atom. The first kappa shape index (κ1) is 10.1. The molecule has 1 aromatic carbocycles. The van der Waals surface area contributed by atoms with E-state index in [1.807, 2.05) is 23.6 Å². The molecule has 1 aliphatic rings. The first-order valence-electron chi connectivity index (χ1n) is 5.49. The van der Waals surface area contributed by atoms with Crippen LogP contribution in [-0.4, -0.2) is 15.6 Å². The molecule has 4 nitrogen and oxygen atoms in total. The zero-order valence-electron chi connectivity index (χ0n) is 9.30. The molecule has 1 aromatic heterocycles. The lowest BCUT2D eigenvalue weighted by Gasteiger charge is -2.10. The molecule has 0 aliphatic carbocycles. The third-order valence-electron chi connectivity index (χ3n) is 3.36. The normalized spacial score (nSPS) is 17.6. The third-order valence-corrected chi connectivity index (χ3v) is 3.36. The number of rotatable bonds is 1. The number of para-hydroxylation sites is 1. The first-order valence-corrected chi connectivity index (χ1v) is 5.49. The Balaban J connectivity index is 2.53. The Morgan fingerprint density at radius 2 is 2.24 bits per heavy atom. The van der Waals surface area contributed by atoms with Crippen molar-refractivity contribution in [1.29, 1.82) is 0 Å². The van der Waals surface area contributed by atoms with Crippen LogP contribution in [0.25, 0.3) is 10.9 Å². The van der Waals surface area contributed by atoms with Gasteiger partial charge in [-0.1, -0.05) is 12.1 Å². The second kappa shape index (κ2) is 3.20. The van der Waals surface area contributed by atoms with Crippen molar-refractivity contribution in [1.82, 2.24) is 4.57 Å². The molecule has 0 bridgehead atoms. The van der Waals surface area contributed by atoms with Gasteiger partial charge in [-0.05, 0) is 25.0 Å². The standard InChI is InChI=1S/C13H11NO3/c1-7-5-8-3-2-4-9-11(8)14(7)6-10(12(9)15)13(16)17/h2-4,6-7H,5H2,1H3,(H,16,17)/t7-/m1/s1. The summed E-state index contributed by atoms with van der Waals surface area (Å²) in [4.78, 5) is 23.1. The molecule has 0 saturated carbocycles. The van der Waals surface area contributed by atoms with Crippen LogP contribution in [-0.2, 0) is 6.42 Å². The van der Waals surface area contributed by atoms with Gasteiger partial charge in [-0.2, -0.15) is 0 Å². The molecule has 1 N–H and O–H groups in total. The van der Waals surface area contributed by atoms with E-state index in [-0.39, 0.29) is 17.0 Å². The largest absolute Gasteiger partial charge is 0.477 e. The Morgan fingerprint density at radius 3 is 2.94 bits per heavy atom. The zero-order valence-corrected chi connectivity index (χ0v) is 9.30. The van der Waals surface area contributed by atoms with E-state index in [9.17, 15) is 9.59 Å². The number of pyridine rings is 1. The van der Waals surface area contributed by atoms with Crippen molar-refractivity contribution in [2.45, 2.75) is 19.4 Å². The Labute approximate surface area is 97.1 Å². The highest BCUT2D eigenvalue weighted by Gasteiger charge is 2.23. The predicted octanol–water partition coefficient (Wildman–Crippen LogP) is 1.82. The number of carboxylic acid groups (broad SMARTS) is 1. The highest BCUT2D eigenvalue weighted by molar-refractivity contribution is 5.94. The van der Waals surface area contributed by atoms with E-state index in [4.69, 9.17) is 5.11 Å². The van der Waals surface area contributed by atoms with Gasteiger partial charge in [0.2, 0.25) is 5.43 Å². The molecule has 0 radical (unpaired) electrons. The fraction of sp³-hybridized carbons (Fsp3) is 0.231. The van der Waals surface area contributed by atoms with Crippen LogP contribution in [0.2, 0.25) is 0 Å². The molecule has 2 aromatic rings. The molecular formula is C13H11NO3. The molecule has 0 unspecified atom stereocenters. The summed E-state index contributed by atoms with van der Waals surface area (Å²) < 4.78 is 1.90. The van der Waals surface area contributed by atoms with Gasteiger partial charge < -0.3 is 9.67 Å². The van der Waals surface area contributed by atoms with Crippen LogP contribution in [0, 0.1) is 0 Å². The molecule has 86 valence electrons. The van der Waals surface area contributed by atoms with Gasteiger partial charge in [-0.15, -0.1) is 0 Å². The lowest BCUT2D eigenvalue weighted by Crippen LogP contribution is -2.18. The zero-order chi connectivity index (χ0) is 12.2. The maximum Gasteiger partial charge on any atom is 0.341 e. The van der Waals surface area contributed by atoms with E-state index in [1.165, 1.54) is 6.20 Å². The average molecular weight is 229 g/mol. The van der Waals surface area contributed by atoms with Crippen molar-refractivity contribution in [2.75, 3.05) is 0 Å². The molecule has 0 amide bonds. The van der Waals surface area contributed by atoms with Crippen LogP contribution in [0.4, 0.5) is 0 Å². The Bertz CT molecular complexity index is 700.